The van der Waals surface area contributed by atoms with Crippen LogP contribution in [0.5, 0.6) is 0 Å². The second-order valence-electron chi connectivity index (χ2n) is 4.13. The maximum atomic E-state index is 11.6. The third-order valence-corrected chi connectivity index (χ3v) is 2.70. The van der Waals surface area contributed by atoms with Gasteiger partial charge in [0.25, 0.3) is 5.91 Å². The first-order chi connectivity index (χ1) is 8.88. The van der Waals surface area contributed by atoms with Gasteiger partial charge in [0.1, 0.15) is 0 Å². The van der Waals surface area contributed by atoms with E-state index in [1.165, 1.54) is 19.1 Å². The van der Waals surface area contributed by atoms with E-state index < -0.39 is 11.9 Å². The second-order valence-corrected chi connectivity index (χ2v) is 4.13. The quantitative estimate of drug-likeness (QED) is 0.749. The lowest BCUT2D eigenvalue weighted by atomic mass is 10.0. The van der Waals surface area contributed by atoms with E-state index >= 15 is 0 Å². The van der Waals surface area contributed by atoms with Crippen molar-refractivity contribution in [1.29, 1.82) is 0 Å². The van der Waals surface area contributed by atoms with Crippen molar-refractivity contribution in [2.24, 2.45) is 5.73 Å². The molecular formula is C13H16N2O4. The van der Waals surface area contributed by atoms with E-state index in [-0.39, 0.29) is 29.1 Å². The molecule has 0 unspecified atom stereocenters. The van der Waals surface area contributed by atoms with Crippen LogP contribution >= 0.6 is 0 Å². The number of benzene rings is 1. The zero-order valence-electron chi connectivity index (χ0n) is 10.8. The molecule has 102 valence electrons. The molecule has 6 heteroatoms. The topological polar surface area (TPSA) is 109 Å². The number of hydrogen-bond donors (Lipinski definition) is 3. The fourth-order valence-corrected chi connectivity index (χ4v) is 1.74. The summed E-state index contributed by atoms with van der Waals surface area (Å²) < 4.78 is 0. The molecule has 0 saturated heterocycles. The molecule has 0 fully saturated rings. The highest BCUT2D eigenvalue weighted by molar-refractivity contribution is 6.06. The van der Waals surface area contributed by atoms with Gasteiger partial charge in [0, 0.05) is 6.42 Å². The largest absolute Gasteiger partial charge is 0.478 e. The van der Waals surface area contributed by atoms with Crippen molar-refractivity contribution in [3.63, 3.8) is 0 Å². The molecule has 0 atom stereocenters. The van der Waals surface area contributed by atoms with Crippen LogP contribution in [-0.2, 0) is 4.79 Å². The Morgan fingerprint density at radius 3 is 2.32 bits per heavy atom. The molecule has 4 N–H and O–H groups in total. The highest BCUT2D eigenvalue weighted by Gasteiger charge is 2.18. The minimum absolute atomic E-state index is 0.0248. The molecule has 6 nitrogen and oxygen atoms in total. The van der Waals surface area contributed by atoms with Crippen LogP contribution in [-0.4, -0.2) is 22.9 Å². The van der Waals surface area contributed by atoms with Gasteiger partial charge in [-0.05, 0) is 31.0 Å². The summed E-state index contributed by atoms with van der Waals surface area (Å²) in [5.41, 5.74) is 5.84. The fourth-order valence-electron chi connectivity index (χ4n) is 1.74. The lowest BCUT2D eigenvalue weighted by Gasteiger charge is -2.13. The number of carboxylic acids is 1. The van der Waals surface area contributed by atoms with Gasteiger partial charge in [-0.25, -0.2) is 4.79 Å². The third-order valence-electron chi connectivity index (χ3n) is 2.70. The molecule has 0 aliphatic heterocycles. The molecular weight excluding hydrogens is 248 g/mol. The van der Waals surface area contributed by atoms with Crippen LogP contribution in [0.3, 0.4) is 0 Å². The van der Waals surface area contributed by atoms with Crippen molar-refractivity contribution in [3.05, 3.63) is 28.8 Å². The van der Waals surface area contributed by atoms with Crippen LogP contribution < -0.4 is 11.1 Å². The van der Waals surface area contributed by atoms with Crippen LogP contribution in [0.2, 0.25) is 0 Å². The van der Waals surface area contributed by atoms with Gasteiger partial charge in [-0.15, -0.1) is 0 Å². The molecule has 1 aromatic carbocycles. The molecule has 0 saturated carbocycles. The first-order valence-electron chi connectivity index (χ1n) is 5.85. The van der Waals surface area contributed by atoms with Gasteiger partial charge in [-0.2, -0.15) is 0 Å². The lowest BCUT2D eigenvalue weighted by molar-refractivity contribution is -0.116. The molecule has 0 aromatic heterocycles. The Hall–Kier alpha value is -2.37. The molecule has 0 aliphatic rings. The maximum absolute atomic E-state index is 11.6. The number of primary amides is 1. The van der Waals surface area contributed by atoms with E-state index in [4.69, 9.17) is 10.8 Å². The van der Waals surface area contributed by atoms with Gasteiger partial charge in [0.15, 0.2) is 0 Å². The second kappa shape index (κ2) is 5.99. The van der Waals surface area contributed by atoms with Crippen LogP contribution in [0.4, 0.5) is 5.69 Å². The van der Waals surface area contributed by atoms with Crippen molar-refractivity contribution in [2.45, 2.75) is 26.7 Å². The SMILES string of the molecule is CCCC(=O)Nc1c(C(N)=O)ccc(C(=O)O)c1C. The molecule has 19 heavy (non-hydrogen) atoms. The van der Waals surface area contributed by atoms with Gasteiger partial charge < -0.3 is 16.2 Å². The predicted octanol–water partition coefficient (Wildman–Crippen LogP) is 1.53. The highest BCUT2D eigenvalue weighted by atomic mass is 16.4. The first-order valence-corrected chi connectivity index (χ1v) is 5.85. The summed E-state index contributed by atoms with van der Waals surface area (Å²) in [6.45, 7) is 3.37. The molecule has 1 aromatic rings. The van der Waals surface area contributed by atoms with Gasteiger partial charge in [0.05, 0.1) is 16.8 Å². The Morgan fingerprint density at radius 1 is 1.26 bits per heavy atom. The summed E-state index contributed by atoms with van der Waals surface area (Å²) in [4.78, 5) is 34.0. The number of carbonyl (C=O) groups excluding carboxylic acids is 2. The zero-order valence-corrected chi connectivity index (χ0v) is 10.8. The maximum Gasteiger partial charge on any atom is 0.336 e. The number of anilines is 1. The number of carboxylic acid groups (broad SMARTS) is 1. The zero-order chi connectivity index (χ0) is 14.6. The number of nitrogens with two attached hydrogens (primary N) is 1. The van der Waals surface area contributed by atoms with E-state index in [1.54, 1.807) is 0 Å². The van der Waals surface area contributed by atoms with E-state index in [1.807, 2.05) is 6.92 Å². The van der Waals surface area contributed by atoms with Crippen LogP contribution in [0, 0.1) is 6.92 Å². The number of amides is 2. The molecule has 0 aliphatic carbocycles. The van der Waals surface area contributed by atoms with Gasteiger partial charge in [-0.3, -0.25) is 9.59 Å². The number of aromatic carboxylic acids is 1. The summed E-state index contributed by atoms with van der Waals surface area (Å²) in [5, 5.41) is 11.6. The van der Waals surface area contributed by atoms with Crippen molar-refractivity contribution in [3.8, 4) is 0 Å². The smallest absolute Gasteiger partial charge is 0.336 e. The predicted molar refractivity (Wildman–Crippen MR) is 70.2 cm³/mol. The average Bonchev–Trinajstić information content (AvgIpc) is 2.31. The van der Waals surface area contributed by atoms with Crippen LogP contribution in [0.15, 0.2) is 12.1 Å². The Balaban J connectivity index is 3.30. The van der Waals surface area contributed by atoms with E-state index in [0.717, 1.165) is 0 Å². The normalized spacial score (nSPS) is 10.0. The third kappa shape index (κ3) is 3.31. The monoisotopic (exact) mass is 264 g/mol. The average molecular weight is 264 g/mol. The highest BCUT2D eigenvalue weighted by Crippen LogP contribution is 2.24. The number of nitrogens with one attached hydrogen (secondary N) is 1. The molecule has 1 rings (SSSR count). The van der Waals surface area contributed by atoms with Gasteiger partial charge in [-0.1, -0.05) is 6.92 Å². The minimum Gasteiger partial charge on any atom is -0.478 e. The van der Waals surface area contributed by atoms with Crippen LogP contribution in [0.25, 0.3) is 0 Å². The summed E-state index contributed by atoms with van der Waals surface area (Å²) in [7, 11) is 0. The summed E-state index contributed by atoms with van der Waals surface area (Å²) in [6.07, 6.45) is 0.935. The molecule has 0 radical (unpaired) electrons. The Bertz CT molecular complexity index is 538. The van der Waals surface area contributed by atoms with Crippen molar-refractivity contribution in [1.82, 2.24) is 0 Å². The van der Waals surface area contributed by atoms with Gasteiger partial charge >= 0.3 is 5.97 Å². The summed E-state index contributed by atoms with van der Waals surface area (Å²) in [5.74, 6) is -2.12. The summed E-state index contributed by atoms with van der Waals surface area (Å²) >= 11 is 0. The first kappa shape index (κ1) is 14.7. The van der Waals surface area contributed by atoms with Gasteiger partial charge in [0.2, 0.25) is 5.91 Å². The Labute approximate surface area is 110 Å². The Morgan fingerprint density at radius 2 is 1.84 bits per heavy atom. The van der Waals surface area contributed by atoms with Crippen LogP contribution in [0.1, 0.15) is 46.0 Å². The summed E-state index contributed by atoms with van der Waals surface area (Å²) in [6, 6.07) is 2.60. The lowest BCUT2D eigenvalue weighted by Crippen LogP contribution is -2.20. The minimum atomic E-state index is -1.13. The Kier molecular flexibility index (Phi) is 4.63. The van der Waals surface area contributed by atoms with E-state index in [0.29, 0.717) is 12.0 Å². The standard InChI is InChI=1S/C13H16N2O4/c1-3-4-10(16)15-11-7(2)8(13(18)19)5-6-9(11)12(14)17/h5-6H,3-4H2,1-2H3,(H2,14,17)(H,15,16)(H,18,19). The molecule has 2 amide bonds. The van der Waals surface area contributed by atoms with Crippen molar-refractivity contribution >= 4 is 23.5 Å². The van der Waals surface area contributed by atoms with E-state index in [9.17, 15) is 14.4 Å². The fraction of sp³-hybridized carbons (Fsp3) is 0.308. The van der Waals surface area contributed by atoms with E-state index in [2.05, 4.69) is 5.32 Å². The molecule has 0 heterocycles. The number of hydrogen-bond acceptors (Lipinski definition) is 3. The molecule has 0 spiro atoms. The van der Waals surface area contributed by atoms with Crippen molar-refractivity contribution in [2.75, 3.05) is 5.32 Å². The molecule has 0 bridgehead atoms. The van der Waals surface area contributed by atoms with Crippen molar-refractivity contribution < 1.29 is 19.5 Å². The number of carbonyl (C=O) groups is 3. The number of rotatable bonds is 5.